The maximum Gasteiger partial charge on any atom is 0.162 e. The number of hydrogen-bond donors (Lipinski definition) is 1. The Labute approximate surface area is 150 Å². The lowest BCUT2D eigenvalue weighted by Crippen LogP contribution is -1.97. The van der Waals surface area contributed by atoms with E-state index >= 15 is 0 Å². The maximum atomic E-state index is 6.16. The van der Waals surface area contributed by atoms with Gasteiger partial charge in [0.05, 0.1) is 25.4 Å². The summed E-state index contributed by atoms with van der Waals surface area (Å²) in [6, 6.07) is 11.5. The zero-order valence-corrected chi connectivity index (χ0v) is 15.7. The zero-order valence-electron chi connectivity index (χ0n) is 12.6. The van der Waals surface area contributed by atoms with Crippen molar-refractivity contribution in [1.29, 1.82) is 0 Å². The minimum atomic E-state index is 0.586. The summed E-state index contributed by atoms with van der Waals surface area (Å²) >= 11 is 7.04. The van der Waals surface area contributed by atoms with E-state index in [-0.39, 0.29) is 0 Å². The number of nitrogens with zero attached hydrogens (tertiary/aromatic N) is 1. The molecule has 0 aliphatic rings. The van der Waals surface area contributed by atoms with E-state index in [2.05, 4.69) is 31.9 Å². The number of nitrogens with two attached hydrogens (primary N) is 1. The molecule has 0 atom stereocenters. The fourth-order valence-electron chi connectivity index (χ4n) is 2.42. The normalized spacial score (nSPS) is 10.8. The SMILES string of the molecule is COc1cc(N)c(-c2ccc3cc(Br)cc(Br)c3n2)cc1OC. The van der Waals surface area contributed by atoms with Gasteiger partial charge in [0.25, 0.3) is 0 Å². The van der Waals surface area contributed by atoms with E-state index in [1.165, 1.54) is 0 Å². The Balaban J connectivity index is 2.20. The highest BCUT2D eigenvalue weighted by atomic mass is 79.9. The number of rotatable bonds is 3. The Morgan fingerprint density at radius 3 is 2.35 bits per heavy atom. The minimum absolute atomic E-state index is 0.586. The van der Waals surface area contributed by atoms with E-state index in [1.54, 1.807) is 20.3 Å². The molecule has 0 saturated carbocycles. The largest absolute Gasteiger partial charge is 0.493 e. The van der Waals surface area contributed by atoms with Gasteiger partial charge in [-0.3, -0.25) is 0 Å². The molecule has 118 valence electrons. The Hall–Kier alpha value is -1.79. The molecule has 0 spiro atoms. The van der Waals surface area contributed by atoms with Gasteiger partial charge in [-0.05, 0) is 40.2 Å². The maximum absolute atomic E-state index is 6.16. The second kappa shape index (κ2) is 6.37. The van der Waals surface area contributed by atoms with Crippen LogP contribution in [0.25, 0.3) is 22.2 Å². The highest BCUT2D eigenvalue weighted by Crippen LogP contribution is 2.37. The summed E-state index contributed by atoms with van der Waals surface area (Å²) in [5.41, 5.74) is 9.21. The lowest BCUT2D eigenvalue weighted by atomic mass is 10.1. The molecule has 2 aromatic carbocycles. The van der Waals surface area contributed by atoms with E-state index in [9.17, 15) is 0 Å². The Kier molecular flexibility index (Phi) is 4.46. The molecule has 3 aromatic rings. The van der Waals surface area contributed by atoms with Crippen molar-refractivity contribution >= 4 is 48.5 Å². The predicted molar refractivity (Wildman–Crippen MR) is 100 cm³/mol. The third-order valence-corrected chi connectivity index (χ3v) is 4.60. The average molecular weight is 438 g/mol. The molecule has 23 heavy (non-hydrogen) atoms. The standard InChI is InChI=1S/C17H14Br2N2O2/c1-22-15-7-11(13(20)8-16(15)23-2)14-4-3-9-5-10(18)6-12(19)17(9)21-14/h3-8H,20H2,1-2H3. The van der Waals surface area contributed by atoms with Crippen LogP contribution in [-0.4, -0.2) is 19.2 Å². The van der Waals surface area contributed by atoms with E-state index in [0.717, 1.165) is 31.1 Å². The van der Waals surface area contributed by atoms with Crippen LogP contribution in [0.2, 0.25) is 0 Å². The van der Waals surface area contributed by atoms with Crippen molar-refractivity contribution in [3.05, 3.63) is 45.3 Å². The summed E-state index contributed by atoms with van der Waals surface area (Å²) in [5.74, 6) is 1.22. The van der Waals surface area contributed by atoms with E-state index < -0.39 is 0 Å². The van der Waals surface area contributed by atoms with Gasteiger partial charge in [-0.15, -0.1) is 0 Å². The van der Waals surface area contributed by atoms with Gasteiger partial charge in [-0.25, -0.2) is 4.98 Å². The van der Waals surface area contributed by atoms with Gasteiger partial charge in [0.2, 0.25) is 0 Å². The molecule has 0 unspecified atom stereocenters. The van der Waals surface area contributed by atoms with Gasteiger partial charge in [0, 0.05) is 31.6 Å². The first-order valence-corrected chi connectivity index (χ1v) is 8.39. The fourth-order valence-corrected chi connectivity index (χ4v) is 3.77. The van der Waals surface area contributed by atoms with Crippen LogP contribution in [0, 0.1) is 0 Å². The first kappa shape index (κ1) is 16.1. The third-order valence-electron chi connectivity index (χ3n) is 3.54. The van der Waals surface area contributed by atoms with E-state index in [1.807, 2.05) is 30.3 Å². The van der Waals surface area contributed by atoms with Crippen LogP contribution >= 0.6 is 31.9 Å². The van der Waals surface area contributed by atoms with Gasteiger partial charge in [-0.2, -0.15) is 0 Å². The average Bonchev–Trinajstić information content (AvgIpc) is 2.54. The van der Waals surface area contributed by atoms with Crippen LogP contribution in [0.15, 0.2) is 45.3 Å². The smallest absolute Gasteiger partial charge is 0.162 e. The lowest BCUT2D eigenvalue weighted by molar-refractivity contribution is 0.355. The van der Waals surface area contributed by atoms with Crippen LogP contribution < -0.4 is 15.2 Å². The van der Waals surface area contributed by atoms with Crippen LogP contribution in [0.5, 0.6) is 11.5 Å². The number of pyridine rings is 1. The summed E-state index contributed by atoms with van der Waals surface area (Å²) in [6.07, 6.45) is 0. The molecular weight excluding hydrogens is 424 g/mol. The van der Waals surface area contributed by atoms with Crippen molar-refractivity contribution in [1.82, 2.24) is 4.98 Å². The third kappa shape index (κ3) is 3.01. The number of methoxy groups -OCH3 is 2. The molecule has 1 aromatic heterocycles. The molecule has 4 nitrogen and oxygen atoms in total. The van der Waals surface area contributed by atoms with Gasteiger partial charge < -0.3 is 15.2 Å². The van der Waals surface area contributed by atoms with Crippen molar-refractivity contribution in [2.24, 2.45) is 0 Å². The predicted octanol–water partition coefficient (Wildman–Crippen LogP) is 5.03. The molecule has 0 aliphatic carbocycles. The van der Waals surface area contributed by atoms with Crippen molar-refractivity contribution in [3.63, 3.8) is 0 Å². The molecule has 0 aliphatic heterocycles. The van der Waals surface area contributed by atoms with Crippen molar-refractivity contribution < 1.29 is 9.47 Å². The van der Waals surface area contributed by atoms with Gasteiger partial charge in [0.1, 0.15) is 0 Å². The fraction of sp³-hybridized carbons (Fsp3) is 0.118. The molecule has 0 saturated heterocycles. The molecule has 2 N–H and O–H groups in total. The number of ether oxygens (including phenoxy) is 2. The molecule has 3 rings (SSSR count). The van der Waals surface area contributed by atoms with E-state index in [4.69, 9.17) is 20.2 Å². The number of nitrogen functional groups attached to an aromatic ring is 1. The van der Waals surface area contributed by atoms with Crippen molar-refractivity contribution in [3.8, 4) is 22.8 Å². The highest BCUT2D eigenvalue weighted by Gasteiger charge is 2.13. The number of anilines is 1. The van der Waals surface area contributed by atoms with Crippen molar-refractivity contribution in [2.75, 3.05) is 20.0 Å². The van der Waals surface area contributed by atoms with Gasteiger partial charge in [0.15, 0.2) is 11.5 Å². The number of halogens is 2. The summed E-state index contributed by atoms with van der Waals surface area (Å²) in [5, 5.41) is 1.04. The first-order chi connectivity index (χ1) is 11.0. The van der Waals surface area contributed by atoms with Gasteiger partial charge in [-0.1, -0.05) is 22.0 Å². The molecule has 0 amide bonds. The Morgan fingerprint density at radius 1 is 0.957 bits per heavy atom. The molecule has 0 fully saturated rings. The zero-order chi connectivity index (χ0) is 16.6. The quantitative estimate of drug-likeness (QED) is 0.584. The number of hydrogen-bond acceptors (Lipinski definition) is 4. The van der Waals surface area contributed by atoms with E-state index in [0.29, 0.717) is 17.2 Å². The second-order valence-corrected chi connectivity index (χ2v) is 6.72. The first-order valence-electron chi connectivity index (χ1n) is 6.81. The second-order valence-electron chi connectivity index (χ2n) is 4.95. The Morgan fingerprint density at radius 2 is 1.65 bits per heavy atom. The number of aromatic nitrogens is 1. The monoisotopic (exact) mass is 436 g/mol. The molecular formula is C17H14Br2N2O2. The summed E-state index contributed by atoms with van der Waals surface area (Å²) < 4.78 is 12.5. The lowest BCUT2D eigenvalue weighted by Gasteiger charge is -2.13. The molecule has 0 bridgehead atoms. The summed E-state index contributed by atoms with van der Waals surface area (Å²) in [4.78, 5) is 4.73. The molecule has 0 radical (unpaired) electrons. The Bertz CT molecular complexity index is 897. The van der Waals surface area contributed by atoms with Crippen LogP contribution in [-0.2, 0) is 0 Å². The molecule has 1 heterocycles. The summed E-state index contributed by atoms with van der Waals surface area (Å²) in [6.45, 7) is 0. The summed E-state index contributed by atoms with van der Waals surface area (Å²) in [7, 11) is 3.18. The van der Waals surface area contributed by atoms with Crippen molar-refractivity contribution in [2.45, 2.75) is 0 Å². The van der Waals surface area contributed by atoms with Gasteiger partial charge >= 0.3 is 0 Å². The number of fused-ring (bicyclic) bond motifs is 1. The topological polar surface area (TPSA) is 57.4 Å². The van der Waals surface area contributed by atoms with Crippen LogP contribution in [0.3, 0.4) is 0 Å². The minimum Gasteiger partial charge on any atom is -0.493 e. The molecule has 6 heteroatoms. The highest BCUT2D eigenvalue weighted by molar-refractivity contribution is 9.11. The number of benzene rings is 2. The van der Waals surface area contributed by atoms with Crippen LogP contribution in [0.4, 0.5) is 5.69 Å². The van der Waals surface area contributed by atoms with Crippen LogP contribution in [0.1, 0.15) is 0 Å².